The normalized spacial score (nSPS) is 21.4. The molecule has 1 aromatic heterocycles. The van der Waals surface area contributed by atoms with E-state index in [-0.39, 0.29) is 11.9 Å². The van der Waals surface area contributed by atoms with E-state index in [0.717, 1.165) is 29.3 Å². The van der Waals surface area contributed by atoms with E-state index in [9.17, 15) is 4.79 Å². The molecule has 2 aromatic rings. The number of aromatic nitrogens is 2. The first-order valence-electron chi connectivity index (χ1n) is 7.19. The molecule has 0 bridgehead atoms. The lowest BCUT2D eigenvalue weighted by Gasteiger charge is -2.22. The van der Waals surface area contributed by atoms with Crippen LogP contribution in [0, 0.1) is 6.92 Å². The van der Waals surface area contributed by atoms with Crippen LogP contribution in [0.3, 0.4) is 0 Å². The fourth-order valence-corrected chi connectivity index (χ4v) is 3.42. The van der Waals surface area contributed by atoms with Crippen molar-refractivity contribution in [2.75, 3.05) is 0 Å². The molecule has 2 atom stereocenters. The van der Waals surface area contributed by atoms with Crippen LogP contribution in [0.5, 0.6) is 0 Å². The molecule has 4 nitrogen and oxygen atoms in total. The predicted molar refractivity (Wildman–Crippen MR) is 85.2 cm³/mol. The Morgan fingerprint density at radius 1 is 1.43 bits per heavy atom. The first-order chi connectivity index (χ1) is 10.1. The highest BCUT2D eigenvalue weighted by atomic mass is 79.9. The van der Waals surface area contributed by atoms with Gasteiger partial charge in [0.1, 0.15) is 0 Å². The lowest BCUT2D eigenvalue weighted by Crippen LogP contribution is -2.38. The molecule has 0 spiro atoms. The molecule has 0 saturated heterocycles. The number of aryl methyl sites for hydroxylation is 1. The third kappa shape index (κ3) is 3.02. The topological polar surface area (TPSA) is 46.9 Å². The second-order valence-electron chi connectivity index (χ2n) is 5.57. The van der Waals surface area contributed by atoms with E-state index >= 15 is 0 Å². The molecule has 1 fully saturated rings. The smallest absolute Gasteiger partial charge is 0.252 e. The van der Waals surface area contributed by atoms with Crippen LogP contribution in [0.1, 0.15) is 41.2 Å². The lowest BCUT2D eigenvalue weighted by atomic mass is 10.1. The monoisotopic (exact) mass is 347 g/mol. The van der Waals surface area contributed by atoms with Gasteiger partial charge in [0.15, 0.2) is 0 Å². The highest BCUT2D eigenvalue weighted by Crippen LogP contribution is 2.30. The third-order valence-corrected chi connectivity index (χ3v) is 4.76. The summed E-state index contributed by atoms with van der Waals surface area (Å²) in [6.07, 6.45) is 8.81. The summed E-state index contributed by atoms with van der Waals surface area (Å²) in [6, 6.07) is 6.30. The van der Waals surface area contributed by atoms with Crippen molar-refractivity contribution in [3.8, 4) is 0 Å². The van der Waals surface area contributed by atoms with Gasteiger partial charge in [0.25, 0.3) is 5.91 Å². The number of amides is 1. The third-order valence-electron chi connectivity index (χ3n) is 4.07. The second-order valence-corrected chi connectivity index (χ2v) is 6.43. The molecule has 1 aromatic carbocycles. The molecule has 1 aliphatic carbocycles. The summed E-state index contributed by atoms with van der Waals surface area (Å²) in [7, 11) is 0. The summed E-state index contributed by atoms with van der Waals surface area (Å²) in [5.74, 6) is -0.0115. The first kappa shape index (κ1) is 14.3. The Labute approximate surface area is 132 Å². The Morgan fingerprint density at radius 3 is 3.05 bits per heavy atom. The molecule has 1 N–H and O–H groups in total. The Hall–Kier alpha value is -1.62. The molecule has 1 saturated carbocycles. The number of rotatable bonds is 3. The largest absolute Gasteiger partial charge is 0.347 e. The van der Waals surface area contributed by atoms with Crippen molar-refractivity contribution in [3.05, 3.63) is 52.5 Å². The zero-order valence-electron chi connectivity index (χ0n) is 11.9. The Morgan fingerprint density at radius 2 is 2.29 bits per heavy atom. The van der Waals surface area contributed by atoms with Gasteiger partial charge in [0.2, 0.25) is 0 Å². The lowest BCUT2D eigenvalue weighted by molar-refractivity contribution is 0.0928. The molecule has 1 aliphatic rings. The van der Waals surface area contributed by atoms with Crippen LogP contribution in [0.2, 0.25) is 0 Å². The van der Waals surface area contributed by atoms with E-state index in [2.05, 4.69) is 30.8 Å². The molecular weight excluding hydrogens is 330 g/mol. The van der Waals surface area contributed by atoms with Gasteiger partial charge < -0.3 is 9.88 Å². The van der Waals surface area contributed by atoms with Crippen molar-refractivity contribution >= 4 is 21.8 Å². The Kier molecular flexibility index (Phi) is 4.10. The fourth-order valence-electron chi connectivity index (χ4n) is 2.99. The van der Waals surface area contributed by atoms with Crippen LogP contribution >= 0.6 is 15.9 Å². The minimum absolute atomic E-state index is 0.0115. The maximum Gasteiger partial charge on any atom is 0.252 e. The molecule has 5 heteroatoms. The Balaban J connectivity index is 1.76. The van der Waals surface area contributed by atoms with Crippen molar-refractivity contribution < 1.29 is 4.79 Å². The van der Waals surface area contributed by atoms with Gasteiger partial charge in [-0.25, -0.2) is 4.98 Å². The quantitative estimate of drug-likeness (QED) is 0.923. The maximum atomic E-state index is 12.5. The number of benzene rings is 1. The number of nitrogens with one attached hydrogen (secondary N) is 1. The zero-order chi connectivity index (χ0) is 14.8. The van der Waals surface area contributed by atoms with Crippen LogP contribution in [-0.2, 0) is 0 Å². The summed E-state index contributed by atoms with van der Waals surface area (Å²) in [6.45, 7) is 1.99. The molecule has 2 unspecified atom stereocenters. The minimum Gasteiger partial charge on any atom is -0.347 e. The highest BCUT2D eigenvalue weighted by molar-refractivity contribution is 9.10. The summed E-state index contributed by atoms with van der Waals surface area (Å²) >= 11 is 3.46. The molecule has 3 rings (SSSR count). The van der Waals surface area contributed by atoms with Gasteiger partial charge in [0, 0.05) is 22.9 Å². The van der Waals surface area contributed by atoms with Gasteiger partial charge in [-0.15, -0.1) is 0 Å². The summed E-state index contributed by atoms with van der Waals surface area (Å²) < 4.78 is 2.94. The minimum atomic E-state index is -0.0115. The van der Waals surface area contributed by atoms with E-state index in [4.69, 9.17) is 0 Å². The van der Waals surface area contributed by atoms with Gasteiger partial charge in [-0.3, -0.25) is 4.79 Å². The number of nitrogens with zero attached hydrogens (tertiary/aromatic N) is 2. The number of carbonyl (C=O) groups excluding carboxylic acids is 1. The van der Waals surface area contributed by atoms with Crippen LogP contribution in [0.15, 0.2) is 41.4 Å². The van der Waals surface area contributed by atoms with Gasteiger partial charge in [-0.2, -0.15) is 0 Å². The zero-order valence-corrected chi connectivity index (χ0v) is 13.5. The molecule has 0 radical (unpaired) electrons. The van der Waals surface area contributed by atoms with Gasteiger partial charge in [-0.1, -0.05) is 11.6 Å². The van der Waals surface area contributed by atoms with Crippen LogP contribution in [0.4, 0.5) is 0 Å². The van der Waals surface area contributed by atoms with Gasteiger partial charge in [0.05, 0.1) is 17.9 Å². The van der Waals surface area contributed by atoms with Crippen LogP contribution < -0.4 is 5.32 Å². The summed E-state index contributed by atoms with van der Waals surface area (Å²) in [4.78, 5) is 16.6. The fraction of sp³-hybridized carbons (Fsp3) is 0.375. The summed E-state index contributed by atoms with van der Waals surface area (Å²) in [5.41, 5.74) is 1.78. The Bertz CT molecular complexity index is 639. The average molecular weight is 348 g/mol. The molecule has 110 valence electrons. The van der Waals surface area contributed by atoms with Gasteiger partial charge >= 0.3 is 0 Å². The van der Waals surface area contributed by atoms with Crippen molar-refractivity contribution in [2.45, 2.75) is 38.3 Å². The average Bonchev–Trinajstić information content (AvgIpc) is 3.11. The predicted octanol–water partition coefficient (Wildman–Crippen LogP) is 3.48. The van der Waals surface area contributed by atoms with E-state index in [0.29, 0.717) is 11.6 Å². The SMILES string of the molecule is Cc1ccc(Br)c(C(=O)NC2CCCC2n2ccnc2)c1. The number of hydrogen-bond acceptors (Lipinski definition) is 2. The second kappa shape index (κ2) is 6.02. The first-order valence-corrected chi connectivity index (χ1v) is 7.99. The van der Waals surface area contributed by atoms with Crippen LogP contribution in [-0.4, -0.2) is 21.5 Å². The number of halogens is 1. The van der Waals surface area contributed by atoms with Crippen molar-refractivity contribution in [1.29, 1.82) is 0 Å². The van der Waals surface area contributed by atoms with Gasteiger partial charge in [-0.05, 0) is 54.2 Å². The molecule has 0 aliphatic heterocycles. The maximum absolute atomic E-state index is 12.5. The number of carbonyl (C=O) groups is 1. The van der Waals surface area contributed by atoms with Crippen molar-refractivity contribution in [2.24, 2.45) is 0 Å². The molecule has 21 heavy (non-hydrogen) atoms. The van der Waals surface area contributed by atoms with E-state index in [1.165, 1.54) is 0 Å². The van der Waals surface area contributed by atoms with Crippen LogP contribution in [0.25, 0.3) is 0 Å². The highest BCUT2D eigenvalue weighted by Gasteiger charge is 2.30. The number of hydrogen-bond donors (Lipinski definition) is 1. The molecule has 1 heterocycles. The number of imidazole rings is 1. The molecule has 1 amide bonds. The standard InChI is InChI=1S/C16H18BrN3O/c1-11-5-6-13(17)12(9-11)16(21)19-14-3-2-4-15(14)20-8-7-18-10-20/h5-10,14-15H,2-4H2,1H3,(H,19,21). The van der Waals surface area contributed by atoms with E-state index in [1.54, 1.807) is 6.20 Å². The summed E-state index contributed by atoms with van der Waals surface area (Å²) in [5, 5.41) is 3.18. The van der Waals surface area contributed by atoms with Crippen molar-refractivity contribution in [1.82, 2.24) is 14.9 Å². The molecular formula is C16H18BrN3O. The van der Waals surface area contributed by atoms with E-state index < -0.39 is 0 Å². The van der Waals surface area contributed by atoms with E-state index in [1.807, 2.05) is 37.6 Å². The van der Waals surface area contributed by atoms with Crippen molar-refractivity contribution in [3.63, 3.8) is 0 Å².